The Kier molecular flexibility index (Phi) is 3.67. The summed E-state index contributed by atoms with van der Waals surface area (Å²) in [5.41, 5.74) is -1.75. The maximum atomic E-state index is 12.6. The van der Waals surface area contributed by atoms with Gasteiger partial charge in [-0.2, -0.15) is 13.2 Å². The van der Waals surface area contributed by atoms with Crippen LogP contribution in [0.4, 0.5) is 13.2 Å². The summed E-state index contributed by atoms with van der Waals surface area (Å²) in [4.78, 5) is 12.3. The lowest BCUT2D eigenvalue weighted by Gasteiger charge is -2.32. The third-order valence-electron chi connectivity index (χ3n) is 3.40. The molecular weight excluding hydrogens is 257 g/mol. The average molecular weight is 272 g/mol. The first kappa shape index (κ1) is 14.1. The molecule has 0 aromatic heterocycles. The Morgan fingerprint density at radius 1 is 1.32 bits per heavy atom. The Hall–Kier alpha value is -1.36. The Morgan fingerprint density at radius 2 is 2.05 bits per heavy atom. The molecule has 0 bridgehead atoms. The average Bonchev–Trinajstić information content (AvgIpc) is 2.38. The third kappa shape index (κ3) is 2.97. The highest BCUT2D eigenvalue weighted by Crippen LogP contribution is 2.32. The van der Waals surface area contributed by atoms with Crippen LogP contribution in [0, 0.1) is 0 Å². The number of ether oxygens (including phenoxy) is 1. The monoisotopic (exact) mass is 272 g/mol. The van der Waals surface area contributed by atoms with E-state index in [1.54, 1.807) is 6.92 Å². The van der Waals surface area contributed by atoms with Crippen LogP contribution in [0.15, 0.2) is 24.3 Å². The van der Waals surface area contributed by atoms with Crippen molar-refractivity contribution in [3.8, 4) is 0 Å². The molecule has 0 saturated carbocycles. The summed E-state index contributed by atoms with van der Waals surface area (Å²) < 4.78 is 43.4. The van der Waals surface area contributed by atoms with Gasteiger partial charge >= 0.3 is 6.18 Å². The van der Waals surface area contributed by atoms with Crippen LogP contribution < -0.4 is 0 Å². The molecule has 1 fully saturated rings. The minimum absolute atomic E-state index is 0.0548. The van der Waals surface area contributed by atoms with Crippen LogP contribution in [0.1, 0.15) is 42.1 Å². The maximum absolute atomic E-state index is 12.6. The van der Waals surface area contributed by atoms with Crippen molar-refractivity contribution in [2.45, 2.75) is 38.0 Å². The van der Waals surface area contributed by atoms with E-state index in [2.05, 4.69) is 0 Å². The summed E-state index contributed by atoms with van der Waals surface area (Å²) in [6, 6.07) is 4.51. The molecule has 2 rings (SSSR count). The molecule has 0 amide bonds. The zero-order chi connectivity index (χ0) is 14.1. The number of alkyl halides is 3. The molecule has 0 aliphatic carbocycles. The summed E-state index contributed by atoms with van der Waals surface area (Å²) in [5, 5.41) is 0. The smallest absolute Gasteiger partial charge is 0.367 e. The number of halogens is 3. The minimum Gasteiger partial charge on any atom is -0.367 e. The molecule has 19 heavy (non-hydrogen) atoms. The van der Waals surface area contributed by atoms with E-state index in [1.165, 1.54) is 12.1 Å². The van der Waals surface area contributed by atoms with Crippen LogP contribution in [0.2, 0.25) is 0 Å². The fourth-order valence-corrected chi connectivity index (χ4v) is 2.26. The second-order valence-corrected chi connectivity index (χ2v) is 4.94. The molecular formula is C14H15F3O2. The first-order valence-corrected chi connectivity index (χ1v) is 6.19. The number of carbonyl (C=O) groups excluding carboxylic acids is 1. The highest BCUT2D eigenvalue weighted by molar-refractivity contribution is 6.02. The molecule has 0 N–H and O–H groups in total. The van der Waals surface area contributed by atoms with Crippen molar-refractivity contribution < 1.29 is 22.7 Å². The molecule has 1 unspecified atom stereocenters. The second kappa shape index (κ2) is 4.96. The zero-order valence-electron chi connectivity index (χ0n) is 10.6. The molecule has 1 aromatic carbocycles. The van der Waals surface area contributed by atoms with Crippen LogP contribution in [0.25, 0.3) is 0 Å². The van der Waals surface area contributed by atoms with Gasteiger partial charge in [-0.3, -0.25) is 4.79 Å². The van der Waals surface area contributed by atoms with Crippen LogP contribution in [0.5, 0.6) is 0 Å². The lowest BCUT2D eigenvalue weighted by molar-refractivity contribution is -0.137. The van der Waals surface area contributed by atoms with Crippen molar-refractivity contribution in [2.75, 3.05) is 6.61 Å². The number of ketones is 1. The van der Waals surface area contributed by atoms with Crippen molar-refractivity contribution in [3.05, 3.63) is 35.4 Å². The fraction of sp³-hybridized carbons (Fsp3) is 0.500. The van der Waals surface area contributed by atoms with Gasteiger partial charge in [-0.05, 0) is 38.3 Å². The van der Waals surface area contributed by atoms with Crippen molar-refractivity contribution in [1.29, 1.82) is 0 Å². The van der Waals surface area contributed by atoms with E-state index in [-0.39, 0.29) is 11.3 Å². The minimum atomic E-state index is -4.44. The summed E-state index contributed by atoms with van der Waals surface area (Å²) in [6.45, 7) is 2.12. The topological polar surface area (TPSA) is 26.3 Å². The van der Waals surface area contributed by atoms with E-state index >= 15 is 0 Å². The number of Topliss-reactive ketones (excluding diaryl/α,β-unsaturated/α-hetero) is 1. The lowest BCUT2D eigenvalue weighted by atomic mass is 9.87. The zero-order valence-corrected chi connectivity index (χ0v) is 10.6. The molecule has 0 radical (unpaired) electrons. The van der Waals surface area contributed by atoms with Gasteiger partial charge in [0.1, 0.15) is 5.60 Å². The predicted octanol–water partition coefficient (Wildman–Crippen LogP) is 3.85. The van der Waals surface area contributed by atoms with E-state index in [9.17, 15) is 18.0 Å². The van der Waals surface area contributed by atoms with E-state index in [0.29, 0.717) is 13.0 Å². The van der Waals surface area contributed by atoms with E-state index in [1.807, 2.05) is 0 Å². The van der Waals surface area contributed by atoms with E-state index < -0.39 is 17.3 Å². The van der Waals surface area contributed by atoms with Gasteiger partial charge in [0, 0.05) is 12.2 Å². The lowest BCUT2D eigenvalue weighted by Crippen LogP contribution is -2.41. The standard InChI is InChI=1S/C14H15F3O2/c1-13(7-2-3-8-19-13)12(18)10-5-4-6-11(9-10)14(15,16)17/h4-6,9H,2-3,7-8H2,1H3. The highest BCUT2D eigenvalue weighted by Gasteiger charge is 2.38. The molecule has 0 spiro atoms. The van der Waals surface area contributed by atoms with Gasteiger partial charge in [0.05, 0.1) is 5.56 Å². The fourth-order valence-electron chi connectivity index (χ4n) is 2.26. The quantitative estimate of drug-likeness (QED) is 0.764. The third-order valence-corrected chi connectivity index (χ3v) is 3.40. The van der Waals surface area contributed by atoms with Gasteiger partial charge in [0.2, 0.25) is 0 Å². The van der Waals surface area contributed by atoms with Crippen LogP contribution in [0.3, 0.4) is 0 Å². The molecule has 5 heteroatoms. The largest absolute Gasteiger partial charge is 0.416 e. The van der Waals surface area contributed by atoms with Crippen LogP contribution in [-0.4, -0.2) is 18.0 Å². The summed E-state index contributed by atoms with van der Waals surface area (Å²) in [7, 11) is 0. The molecule has 1 atom stereocenters. The highest BCUT2D eigenvalue weighted by atomic mass is 19.4. The Labute approximate surface area is 109 Å². The second-order valence-electron chi connectivity index (χ2n) is 4.94. The van der Waals surface area contributed by atoms with Gasteiger partial charge in [-0.1, -0.05) is 12.1 Å². The molecule has 1 aliphatic rings. The van der Waals surface area contributed by atoms with Gasteiger partial charge < -0.3 is 4.74 Å². The summed E-state index contributed by atoms with van der Waals surface area (Å²) in [6.07, 6.45) is -2.17. The number of rotatable bonds is 2. The molecule has 1 saturated heterocycles. The molecule has 1 aliphatic heterocycles. The molecule has 2 nitrogen and oxygen atoms in total. The van der Waals surface area contributed by atoms with Crippen molar-refractivity contribution in [1.82, 2.24) is 0 Å². The maximum Gasteiger partial charge on any atom is 0.416 e. The molecule has 1 aromatic rings. The van der Waals surface area contributed by atoms with Crippen molar-refractivity contribution in [3.63, 3.8) is 0 Å². The van der Waals surface area contributed by atoms with Crippen LogP contribution in [-0.2, 0) is 10.9 Å². The van der Waals surface area contributed by atoms with Crippen LogP contribution >= 0.6 is 0 Å². The van der Waals surface area contributed by atoms with Gasteiger partial charge in [-0.15, -0.1) is 0 Å². The SMILES string of the molecule is CC1(C(=O)c2cccc(C(F)(F)F)c2)CCCCO1. The van der Waals surface area contributed by atoms with Gasteiger partial charge in [0.25, 0.3) is 0 Å². The van der Waals surface area contributed by atoms with E-state index in [0.717, 1.165) is 25.0 Å². The Morgan fingerprint density at radius 3 is 2.63 bits per heavy atom. The van der Waals surface area contributed by atoms with Gasteiger partial charge in [0.15, 0.2) is 5.78 Å². The Balaban J connectivity index is 2.29. The summed E-state index contributed by atoms with van der Waals surface area (Å²) >= 11 is 0. The Bertz CT molecular complexity index is 474. The number of hydrogen-bond donors (Lipinski definition) is 0. The predicted molar refractivity (Wildman–Crippen MR) is 64.0 cm³/mol. The number of carbonyl (C=O) groups is 1. The van der Waals surface area contributed by atoms with E-state index in [4.69, 9.17) is 4.74 Å². The van der Waals surface area contributed by atoms with Crippen molar-refractivity contribution in [2.24, 2.45) is 0 Å². The van der Waals surface area contributed by atoms with Crippen molar-refractivity contribution >= 4 is 5.78 Å². The first-order chi connectivity index (χ1) is 8.83. The number of benzene rings is 1. The number of hydrogen-bond acceptors (Lipinski definition) is 2. The summed E-state index contributed by atoms with van der Waals surface area (Å²) in [5.74, 6) is -0.377. The van der Waals surface area contributed by atoms with Gasteiger partial charge in [-0.25, -0.2) is 0 Å². The first-order valence-electron chi connectivity index (χ1n) is 6.19. The normalized spacial score (nSPS) is 24.2. The molecule has 1 heterocycles. The molecule has 104 valence electrons.